The zero-order chi connectivity index (χ0) is 20.5. The largest absolute Gasteiger partial charge is 0.348 e. The maximum absolute atomic E-state index is 12.6. The van der Waals surface area contributed by atoms with Crippen LogP contribution in [0.4, 0.5) is 0 Å². The van der Waals surface area contributed by atoms with E-state index < -0.39 is 0 Å². The summed E-state index contributed by atoms with van der Waals surface area (Å²) < 4.78 is 1.40. The summed E-state index contributed by atoms with van der Waals surface area (Å²) in [4.78, 5) is 30.1. The van der Waals surface area contributed by atoms with Crippen LogP contribution in [0.15, 0.2) is 23.0 Å². The highest BCUT2D eigenvalue weighted by atomic mass is 16.2. The summed E-state index contributed by atoms with van der Waals surface area (Å²) in [6.07, 6.45) is 10.5. The monoisotopic (exact) mass is 409 g/mol. The van der Waals surface area contributed by atoms with Gasteiger partial charge in [-0.15, -0.1) is 5.10 Å². The molecule has 7 heteroatoms. The van der Waals surface area contributed by atoms with Gasteiger partial charge in [-0.05, 0) is 56.0 Å². The number of carbonyl (C=O) groups excluding carboxylic acids is 1. The third-order valence-corrected chi connectivity index (χ3v) is 7.13. The van der Waals surface area contributed by atoms with Gasteiger partial charge in [0.15, 0.2) is 0 Å². The second kappa shape index (κ2) is 8.38. The van der Waals surface area contributed by atoms with Gasteiger partial charge in [-0.25, -0.2) is 4.79 Å². The Labute approximate surface area is 176 Å². The van der Waals surface area contributed by atoms with Crippen LogP contribution in [0.1, 0.15) is 79.0 Å². The highest BCUT2D eigenvalue weighted by Gasteiger charge is 2.26. The molecule has 1 saturated heterocycles. The number of H-pyrrole nitrogens is 1. The average Bonchev–Trinajstić information content (AvgIpc) is 3.36. The zero-order valence-corrected chi connectivity index (χ0v) is 17.5. The van der Waals surface area contributed by atoms with Crippen LogP contribution in [0.2, 0.25) is 0 Å². The Morgan fingerprint density at radius 3 is 2.80 bits per heavy atom. The molecule has 1 amide bonds. The first kappa shape index (κ1) is 19.5. The molecule has 1 aliphatic carbocycles. The maximum Gasteiger partial charge on any atom is 0.348 e. The molecule has 2 N–H and O–H groups in total. The topological polar surface area (TPSA) is 83.0 Å². The van der Waals surface area contributed by atoms with Crippen molar-refractivity contribution < 1.29 is 4.79 Å². The van der Waals surface area contributed by atoms with E-state index in [1.54, 1.807) is 6.07 Å². The fourth-order valence-corrected chi connectivity index (χ4v) is 5.35. The van der Waals surface area contributed by atoms with Gasteiger partial charge in [0.2, 0.25) is 0 Å². The van der Waals surface area contributed by atoms with E-state index in [4.69, 9.17) is 0 Å². The zero-order valence-electron chi connectivity index (χ0n) is 17.5. The summed E-state index contributed by atoms with van der Waals surface area (Å²) in [6.45, 7) is 3.82. The number of piperidine rings is 1. The minimum atomic E-state index is -0.234. The van der Waals surface area contributed by atoms with Crippen LogP contribution in [-0.2, 0) is 6.54 Å². The van der Waals surface area contributed by atoms with Crippen molar-refractivity contribution >= 4 is 5.91 Å². The van der Waals surface area contributed by atoms with Gasteiger partial charge in [0.25, 0.3) is 5.91 Å². The molecule has 7 nitrogen and oxygen atoms in total. The summed E-state index contributed by atoms with van der Waals surface area (Å²) in [6, 6.07) is 5.53. The number of likely N-dealkylation sites (tertiary alicyclic amines) is 1. The number of nitrogens with one attached hydrogen (secondary N) is 2. The molecule has 30 heavy (non-hydrogen) atoms. The molecule has 1 aromatic carbocycles. The van der Waals surface area contributed by atoms with Crippen LogP contribution in [0.25, 0.3) is 5.69 Å². The Hall–Kier alpha value is -2.41. The molecule has 1 aromatic heterocycles. The number of amides is 1. The van der Waals surface area contributed by atoms with Crippen LogP contribution >= 0.6 is 0 Å². The van der Waals surface area contributed by atoms with E-state index in [1.165, 1.54) is 43.2 Å². The molecule has 0 spiro atoms. The Morgan fingerprint density at radius 1 is 1.07 bits per heavy atom. The maximum atomic E-state index is 12.6. The SMILES string of the molecule is O=C1NCc2ccc(-n3nc(C4CCCN(CCC5CCCCC5)C4)[nH]c3=O)cc21. The first-order valence-electron chi connectivity index (χ1n) is 11.5. The van der Waals surface area contributed by atoms with Crippen molar-refractivity contribution in [1.29, 1.82) is 0 Å². The normalized spacial score (nSPS) is 22.8. The first-order chi connectivity index (χ1) is 14.7. The van der Waals surface area contributed by atoms with E-state index in [9.17, 15) is 9.59 Å². The molecule has 3 heterocycles. The highest BCUT2D eigenvalue weighted by molar-refractivity contribution is 5.98. The molecule has 3 aliphatic rings. The van der Waals surface area contributed by atoms with Crippen LogP contribution in [0, 0.1) is 5.92 Å². The summed E-state index contributed by atoms with van der Waals surface area (Å²) in [7, 11) is 0. The number of nitrogens with zero attached hydrogens (tertiary/aromatic N) is 3. The lowest BCUT2D eigenvalue weighted by atomic mass is 9.86. The highest BCUT2D eigenvalue weighted by Crippen LogP contribution is 2.29. The second-order valence-corrected chi connectivity index (χ2v) is 9.18. The number of fused-ring (bicyclic) bond motifs is 1. The predicted molar refractivity (Wildman–Crippen MR) is 115 cm³/mol. The number of hydrogen-bond acceptors (Lipinski definition) is 4. The number of benzene rings is 1. The second-order valence-electron chi connectivity index (χ2n) is 9.18. The van der Waals surface area contributed by atoms with Crippen LogP contribution in [0.5, 0.6) is 0 Å². The number of carbonyl (C=O) groups is 1. The van der Waals surface area contributed by atoms with Crippen molar-refractivity contribution in [1.82, 2.24) is 25.0 Å². The van der Waals surface area contributed by atoms with Gasteiger partial charge in [0.1, 0.15) is 5.82 Å². The molecule has 1 atom stereocenters. The lowest BCUT2D eigenvalue weighted by Gasteiger charge is -2.33. The third-order valence-electron chi connectivity index (χ3n) is 7.13. The lowest BCUT2D eigenvalue weighted by molar-refractivity contribution is 0.0965. The average molecular weight is 410 g/mol. The lowest BCUT2D eigenvalue weighted by Crippen LogP contribution is -2.36. The van der Waals surface area contributed by atoms with E-state index in [2.05, 4.69) is 20.3 Å². The minimum absolute atomic E-state index is 0.0865. The molecular weight excluding hydrogens is 378 g/mol. The molecule has 2 aliphatic heterocycles. The number of aromatic nitrogens is 3. The molecule has 5 rings (SSSR count). The fraction of sp³-hybridized carbons (Fsp3) is 0.609. The van der Waals surface area contributed by atoms with Crippen molar-refractivity contribution in [2.45, 2.75) is 63.8 Å². The number of aromatic amines is 1. The van der Waals surface area contributed by atoms with E-state index >= 15 is 0 Å². The molecule has 0 radical (unpaired) electrons. The number of rotatable bonds is 5. The van der Waals surface area contributed by atoms with Gasteiger partial charge in [-0.3, -0.25) is 9.78 Å². The third kappa shape index (κ3) is 3.95. The molecule has 1 saturated carbocycles. The van der Waals surface area contributed by atoms with Crippen molar-refractivity contribution in [3.63, 3.8) is 0 Å². The molecule has 1 unspecified atom stereocenters. The summed E-state index contributed by atoms with van der Waals surface area (Å²) in [5.41, 5.74) is 2.01. The van der Waals surface area contributed by atoms with E-state index in [0.717, 1.165) is 49.8 Å². The van der Waals surface area contributed by atoms with Gasteiger partial charge in [0.05, 0.1) is 5.69 Å². The quantitative estimate of drug-likeness (QED) is 0.795. The Bertz CT molecular complexity index is 972. The van der Waals surface area contributed by atoms with Crippen molar-refractivity contribution in [2.24, 2.45) is 5.92 Å². The van der Waals surface area contributed by atoms with Crippen molar-refractivity contribution in [3.8, 4) is 5.69 Å². The van der Waals surface area contributed by atoms with Gasteiger partial charge in [-0.2, -0.15) is 4.68 Å². The number of hydrogen-bond donors (Lipinski definition) is 2. The van der Waals surface area contributed by atoms with Gasteiger partial charge in [0, 0.05) is 24.6 Å². The Morgan fingerprint density at radius 2 is 1.93 bits per heavy atom. The van der Waals surface area contributed by atoms with Crippen LogP contribution in [-0.4, -0.2) is 45.2 Å². The predicted octanol–water partition coefficient (Wildman–Crippen LogP) is 2.95. The van der Waals surface area contributed by atoms with Crippen LogP contribution in [0.3, 0.4) is 0 Å². The molecule has 2 fully saturated rings. The first-order valence-corrected chi connectivity index (χ1v) is 11.5. The van der Waals surface area contributed by atoms with Crippen molar-refractivity contribution in [2.75, 3.05) is 19.6 Å². The van der Waals surface area contributed by atoms with Crippen LogP contribution < -0.4 is 11.0 Å². The molecule has 160 valence electrons. The smallest absolute Gasteiger partial charge is 0.348 e. The van der Waals surface area contributed by atoms with E-state index in [-0.39, 0.29) is 17.5 Å². The fourth-order valence-electron chi connectivity index (χ4n) is 5.35. The van der Waals surface area contributed by atoms with Gasteiger partial charge >= 0.3 is 5.69 Å². The standard InChI is InChI=1S/C23H31N5O2/c29-22-20-13-19(9-8-17(20)14-24-22)28-23(30)25-21(26-28)18-7-4-11-27(15-18)12-10-16-5-2-1-3-6-16/h8-9,13,16,18H,1-7,10-12,14-15H2,(H,24,29)(H,25,26,30). The minimum Gasteiger partial charge on any atom is -0.348 e. The van der Waals surface area contributed by atoms with E-state index in [0.29, 0.717) is 17.8 Å². The summed E-state index contributed by atoms with van der Waals surface area (Å²) in [5.74, 6) is 1.84. The molecule has 0 bridgehead atoms. The molecule has 2 aromatic rings. The van der Waals surface area contributed by atoms with Crippen molar-refractivity contribution in [3.05, 3.63) is 45.6 Å². The Balaban J connectivity index is 1.28. The van der Waals surface area contributed by atoms with E-state index in [1.807, 2.05) is 12.1 Å². The van der Waals surface area contributed by atoms with Gasteiger partial charge in [-0.1, -0.05) is 38.2 Å². The van der Waals surface area contributed by atoms with Gasteiger partial charge < -0.3 is 10.2 Å². The Kier molecular flexibility index (Phi) is 5.46. The molecular formula is C23H31N5O2. The summed E-state index contributed by atoms with van der Waals surface area (Å²) >= 11 is 0. The summed E-state index contributed by atoms with van der Waals surface area (Å²) in [5, 5.41) is 7.44.